The van der Waals surface area contributed by atoms with E-state index in [0.717, 1.165) is 17.8 Å². The average Bonchev–Trinajstić information content (AvgIpc) is 1.93. The number of fused-ring (bicyclic) bond motifs is 2. The Balaban J connectivity index is 2.17. The van der Waals surface area contributed by atoms with Crippen molar-refractivity contribution in [1.82, 2.24) is 0 Å². The molecule has 1 heteroatoms. The van der Waals surface area contributed by atoms with Gasteiger partial charge in [0.2, 0.25) is 0 Å². The van der Waals surface area contributed by atoms with Crippen molar-refractivity contribution in [3.8, 4) is 0 Å². The van der Waals surface area contributed by atoms with Crippen LogP contribution in [0.25, 0.3) is 0 Å². The van der Waals surface area contributed by atoms with Crippen LogP contribution < -0.4 is 5.73 Å². The van der Waals surface area contributed by atoms with E-state index in [9.17, 15) is 0 Å². The smallest absolute Gasteiger partial charge is 0.00702 e. The van der Waals surface area contributed by atoms with Gasteiger partial charge in [-0.15, -0.1) is 0 Å². The van der Waals surface area contributed by atoms with Crippen molar-refractivity contribution < 1.29 is 0 Å². The molecule has 11 heavy (non-hydrogen) atoms. The van der Waals surface area contributed by atoms with Gasteiger partial charge in [0.15, 0.2) is 0 Å². The fourth-order valence-corrected chi connectivity index (χ4v) is 3.19. The minimum Gasteiger partial charge on any atom is -0.327 e. The maximum Gasteiger partial charge on any atom is 0.00702 e. The Hall–Kier alpha value is -0.0400. The number of hydrogen-bond acceptors (Lipinski definition) is 1. The molecule has 0 aliphatic heterocycles. The normalized spacial score (nSPS) is 53.5. The van der Waals surface area contributed by atoms with Crippen LogP contribution in [0.2, 0.25) is 0 Å². The first-order valence-corrected chi connectivity index (χ1v) is 4.79. The van der Waals surface area contributed by atoms with Crippen LogP contribution in [0.1, 0.15) is 33.6 Å². The second kappa shape index (κ2) is 2.01. The van der Waals surface area contributed by atoms with Gasteiger partial charge in [-0.2, -0.15) is 0 Å². The summed E-state index contributed by atoms with van der Waals surface area (Å²) in [6.45, 7) is 7.15. The van der Waals surface area contributed by atoms with Crippen LogP contribution in [0, 0.1) is 23.2 Å². The molecule has 1 nitrogen and oxygen atoms in total. The van der Waals surface area contributed by atoms with Crippen LogP contribution in [0.4, 0.5) is 0 Å². The lowest BCUT2D eigenvalue weighted by Crippen LogP contribution is -2.58. The zero-order valence-corrected chi connectivity index (χ0v) is 7.80. The van der Waals surface area contributed by atoms with Crippen molar-refractivity contribution in [2.75, 3.05) is 0 Å². The van der Waals surface area contributed by atoms with Gasteiger partial charge in [0.05, 0.1) is 0 Å². The molecule has 0 aromatic heterocycles. The van der Waals surface area contributed by atoms with Gasteiger partial charge < -0.3 is 5.73 Å². The molecule has 3 saturated carbocycles. The predicted molar refractivity (Wildman–Crippen MR) is 47.1 cm³/mol. The summed E-state index contributed by atoms with van der Waals surface area (Å²) in [5, 5.41) is 0. The Bertz CT molecular complexity index is 174. The largest absolute Gasteiger partial charge is 0.327 e. The standard InChI is InChI=1S/C10H19N/c1-6-8-4-7(5-9(6)11)10(8,2)3/h6-9H,4-5,11H2,1-3H3/t6?,7-,8?,9+/m1/s1. The first-order valence-electron chi connectivity index (χ1n) is 4.79. The molecule has 3 aliphatic carbocycles. The molecule has 2 bridgehead atoms. The number of hydrogen-bond donors (Lipinski definition) is 1. The molecular formula is C10H19N. The quantitative estimate of drug-likeness (QED) is 0.566. The molecule has 4 atom stereocenters. The molecule has 0 spiro atoms. The summed E-state index contributed by atoms with van der Waals surface area (Å²) in [4.78, 5) is 0. The SMILES string of the molecule is CC1C2C[C@H](C[C@@H]1N)C2(C)C. The average molecular weight is 153 g/mol. The first-order chi connectivity index (χ1) is 5.03. The molecule has 0 aromatic carbocycles. The number of rotatable bonds is 0. The molecule has 2 unspecified atom stereocenters. The van der Waals surface area contributed by atoms with E-state index in [1.807, 2.05) is 0 Å². The summed E-state index contributed by atoms with van der Waals surface area (Å²) >= 11 is 0. The van der Waals surface area contributed by atoms with Gasteiger partial charge in [-0.3, -0.25) is 0 Å². The summed E-state index contributed by atoms with van der Waals surface area (Å²) < 4.78 is 0. The second-order valence-corrected chi connectivity index (χ2v) is 5.12. The fourth-order valence-electron chi connectivity index (χ4n) is 3.19. The maximum atomic E-state index is 6.02. The van der Waals surface area contributed by atoms with Crippen molar-refractivity contribution in [3.05, 3.63) is 0 Å². The summed E-state index contributed by atoms with van der Waals surface area (Å²) in [6, 6.07) is 0.492. The Morgan fingerprint density at radius 3 is 2.27 bits per heavy atom. The van der Waals surface area contributed by atoms with Crippen LogP contribution in [0.15, 0.2) is 0 Å². The van der Waals surface area contributed by atoms with Gasteiger partial charge in [0.25, 0.3) is 0 Å². The Kier molecular flexibility index (Phi) is 1.39. The van der Waals surface area contributed by atoms with Crippen molar-refractivity contribution >= 4 is 0 Å². The zero-order chi connectivity index (χ0) is 8.22. The van der Waals surface area contributed by atoms with Gasteiger partial charge in [0, 0.05) is 6.04 Å². The lowest BCUT2D eigenvalue weighted by atomic mass is 9.45. The maximum absolute atomic E-state index is 6.02. The lowest BCUT2D eigenvalue weighted by molar-refractivity contribution is -0.108. The van der Waals surface area contributed by atoms with Gasteiger partial charge in [-0.1, -0.05) is 20.8 Å². The van der Waals surface area contributed by atoms with Gasteiger partial charge in [0.1, 0.15) is 0 Å². The van der Waals surface area contributed by atoms with Crippen molar-refractivity contribution in [2.24, 2.45) is 28.9 Å². The van der Waals surface area contributed by atoms with E-state index in [1.165, 1.54) is 12.8 Å². The summed E-state index contributed by atoms with van der Waals surface area (Å²) in [6.07, 6.45) is 2.71. The third-order valence-electron chi connectivity index (χ3n) is 4.41. The molecule has 0 radical (unpaired) electrons. The van der Waals surface area contributed by atoms with E-state index in [0.29, 0.717) is 11.5 Å². The Morgan fingerprint density at radius 2 is 1.91 bits per heavy atom. The van der Waals surface area contributed by atoms with Gasteiger partial charge >= 0.3 is 0 Å². The lowest BCUT2D eigenvalue weighted by Gasteiger charge is -2.61. The molecule has 0 amide bonds. The molecule has 3 fully saturated rings. The molecule has 64 valence electrons. The highest BCUT2D eigenvalue weighted by atomic mass is 14.7. The van der Waals surface area contributed by atoms with E-state index < -0.39 is 0 Å². The summed E-state index contributed by atoms with van der Waals surface area (Å²) in [5.74, 6) is 2.60. The van der Waals surface area contributed by atoms with Crippen LogP contribution >= 0.6 is 0 Å². The van der Waals surface area contributed by atoms with Crippen LogP contribution in [-0.2, 0) is 0 Å². The summed E-state index contributed by atoms with van der Waals surface area (Å²) in [5.41, 5.74) is 6.63. The third-order valence-corrected chi connectivity index (χ3v) is 4.41. The minimum absolute atomic E-state index is 0.492. The highest BCUT2D eigenvalue weighted by Gasteiger charge is 2.55. The predicted octanol–water partition coefficient (Wildman–Crippen LogP) is 2.02. The number of nitrogens with two attached hydrogens (primary N) is 1. The van der Waals surface area contributed by atoms with Crippen molar-refractivity contribution in [3.63, 3.8) is 0 Å². The van der Waals surface area contributed by atoms with Crippen molar-refractivity contribution in [2.45, 2.75) is 39.7 Å². The molecule has 0 aromatic rings. The molecule has 3 rings (SSSR count). The van der Waals surface area contributed by atoms with Crippen LogP contribution in [0.5, 0.6) is 0 Å². The topological polar surface area (TPSA) is 26.0 Å². The first kappa shape index (κ1) is 7.60. The minimum atomic E-state index is 0.492. The monoisotopic (exact) mass is 153 g/mol. The Labute approximate surface area is 69.4 Å². The second-order valence-electron chi connectivity index (χ2n) is 5.12. The third kappa shape index (κ3) is 0.807. The molecule has 2 N–H and O–H groups in total. The van der Waals surface area contributed by atoms with E-state index in [4.69, 9.17) is 5.73 Å². The van der Waals surface area contributed by atoms with E-state index in [2.05, 4.69) is 20.8 Å². The van der Waals surface area contributed by atoms with Gasteiger partial charge in [-0.25, -0.2) is 0 Å². The summed E-state index contributed by atoms with van der Waals surface area (Å²) in [7, 11) is 0. The Morgan fingerprint density at radius 1 is 1.27 bits per heavy atom. The van der Waals surface area contributed by atoms with Crippen LogP contribution in [0.3, 0.4) is 0 Å². The van der Waals surface area contributed by atoms with E-state index in [1.54, 1.807) is 0 Å². The highest BCUT2D eigenvalue weighted by Crippen LogP contribution is 2.60. The van der Waals surface area contributed by atoms with E-state index >= 15 is 0 Å². The highest BCUT2D eigenvalue weighted by molar-refractivity contribution is 5.06. The zero-order valence-electron chi connectivity index (χ0n) is 7.80. The van der Waals surface area contributed by atoms with Crippen molar-refractivity contribution in [1.29, 1.82) is 0 Å². The molecular weight excluding hydrogens is 134 g/mol. The molecule has 0 saturated heterocycles. The van der Waals surface area contributed by atoms with Crippen LogP contribution in [-0.4, -0.2) is 6.04 Å². The molecule has 0 heterocycles. The fraction of sp³-hybridized carbons (Fsp3) is 1.00. The van der Waals surface area contributed by atoms with E-state index in [-0.39, 0.29) is 0 Å². The molecule has 3 aliphatic rings. The van der Waals surface area contributed by atoms with Gasteiger partial charge in [-0.05, 0) is 36.0 Å².